The number of sulfonamides is 1. The lowest BCUT2D eigenvalue weighted by atomic mass is 10.0. The van der Waals surface area contributed by atoms with Crippen molar-refractivity contribution in [2.75, 3.05) is 26.3 Å². The third-order valence-corrected chi connectivity index (χ3v) is 12.7. The van der Waals surface area contributed by atoms with Crippen molar-refractivity contribution in [1.29, 1.82) is 0 Å². The highest BCUT2D eigenvalue weighted by molar-refractivity contribution is 7.89. The van der Waals surface area contributed by atoms with Crippen molar-refractivity contribution in [2.45, 2.75) is 42.7 Å². The molecule has 2 aliphatic rings. The number of nitrogens with one attached hydrogen (secondary N) is 1. The van der Waals surface area contributed by atoms with Gasteiger partial charge < -0.3 is 14.8 Å². The van der Waals surface area contributed by atoms with Crippen LogP contribution in [0, 0.1) is 11.6 Å². The number of amides is 1. The highest BCUT2D eigenvalue weighted by atomic mass is 32.2. The van der Waals surface area contributed by atoms with Gasteiger partial charge in [0.25, 0.3) is 5.56 Å². The zero-order valence-electron chi connectivity index (χ0n) is 32.8. The number of benzene rings is 5. The van der Waals surface area contributed by atoms with E-state index in [1.807, 2.05) is 60.7 Å². The van der Waals surface area contributed by atoms with Gasteiger partial charge in [-0.1, -0.05) is 42.5 Å². The van der Waals surface area contributed by atoms with Gasteiger partial charge in [0.2, 0.25) is 15.9 Å². The lowest BCUT2D eigenvalue weighted by molar-refractivity contribution is -0.122. The van der Waals surface area contributed by atoms with Gasteiger partial charge in [0, 0.05) is 43.3 Å². The fourth-order valence-electron chi connectivity index (χ4n) is 7.59. The zero-order valence-corrected chi connectivity index (χ0v) is 33.6. The van der Waals surface area contributed by atoms with E-state index >= 15 is 0 Å². The number of ether oxygens (including phenoxy) is 2. The molecule has 2 fully saturated rings. The Morgan fingerprint density at radius 2 is 1.59 bits per heavy atom. The Kier molecular flexibility index (Phi) is 11.0. The molecule has 1 saturated heterocycles. The number of hydrogen-bond donors (Lipinski definition) is 1. The second-order valence-electron chi connectivity index (χ2n) is 15.1. The molecule has 0 spiro atoms. The van der Waals surface area contributed by atoms with Crippen LogP contribution in [-0.2, 0) is 32.5 Å². The Morgan fingerprint density at radius 1 is 0.869 bits per heavy atom. The van der Waals surface area contributed by atoms with Gasteiger partial charge in [0.1, 0.15) is 35.5 Å². The van der Waals surface area contributed by atoms with Crippen molar-refractivity contribution in [2.24, 2.45) is 0 Å². The van der Waals surface area contributed by atoms with Crippen LogP contribution in [-0.4, -0.2) is 64.3 Å². The van der Waals surface area contributed by atoms with Crippen LogP contribution in [0.15, 0.2) is 137 Å². The van der Waals surface area contributed by atoms with E-state index in [9.17, 15) is 26.8 Å². The molecule has 1 amide bonds. The monoisotopic (exact) mass is 842 g/mol. The first-order valence-corrected chi connectivity index (χ1v) is 21.4. The second-order valence-corrected chi connectivity index (χ2v) is 17.0. The van der Waals surface area contributed by atoms with E-state index in [2.05, 4.69) is 10.4 Å². The predicted molar refractivity (Wildman–Crippen MR) is 224 cm³/mol. The largest absolute Gasteiger partial charge is 0.457 e. The van der Waals surface area contributed by atoms with Crippen molar-refractivity contribution in [1.82, 2.24) is 29.0 Å². The molecule has 1 aliphatic carbocycles. The average Bonchev–Trinajstić information content (AvgIpc) is 4.01. The number of para-hydroxylation sites is 2. The van der Waals surface area contributed by atoms with Gasteiger partial charge in [-0.15, -0.1) is 0 Å². The number of rotatable bonds is 13. The number of halogens is 2. The van der Waals surface area contributed by atoms with Gasteiger partial charge in [-0.25, -0.2) is 22.2 Å². The average molecular weight is 843 g/mol. The van der Waals surface area contributed by atoms with Gasteiger partial charge in [0.05, 0.1) is 46.4 Å². The van der Waals surface area contributed by atoms with Crippen LogP contribution < -0.4 is 15.6 Å². The summed E-state index contributed by atoms with van der Waals surface area (Å²) in [7, 11) is -3.88. The highest BCUT2D eigenvalue weighted by Gasteiger charge is 2.29. The van der Waals surface area contributed by atoms with Crippen molar-refractivity contribution in [3.05, 3.63) is 167 Å². The number of nitrogens with zero attached hydrogens (tertiary/aromatic N) is 5. The summed E-state index contributed by atoms with van der Waals surface area (Å²) in [6, 6.07) is 31.6. The second kappa shape index (κ2) is 16.8. The number of hydrogen-bond acceptors (Lipinski definition) is 8. The zero-order chi connectivity index (χ0) is 42.1. The molecule has 61 heavy (non-hydrogen) atoms. The summed E-state index contributed by atoms with van der Waals surface area (Å²) in [5.41, 5.74) is 2.53. The molecule has 5 aromatic carbocycles. The molecular formula is C46H40F2N6O6S. The minimum atomic E-state index is -3.88. The highest BCUT2D eigenvalue weighted by Crippen LogP contribution is 2.39. The molecule has 7 aromatic rings. The summed E-state index contributed by atoms with van der Waals surface area (Å²) >= 11 is 0. The third-order valence-electron chi connectivity index (χ3n) is 10.7. The minimum absolute atomic E-state index is 0.0207. The van der Waals surface area contributed by atoms with Crippen molar-refractivity contribution >= 4 is 26.8 Å². The minimum Gasteiger partial charge on any atom is -0.457 e. The van der Waals surface area contributed by atoms with E-state index in [0.717, 1.165) is 42.3 Å². The van der Waals surface area contributed by atoms with Crippen molar-refractivity contribution < 1.29 is 31.5 Å². The summed E-state index contributed by atoms with van der Waals surface area (Å²) in [5.74, 6) is -0.500. The number of morpholine rings is 1. The summed E-state index contributed by atoms with van der Waals surface area (Å²) < 4.78 is 72.3. The molecule has 1 N–H and O–H groups in total. The van der Waals surface area contributed by atoms with Crippen molar-refractivity contribution in [3.8, 4) is 28.3 Å². The van der Waals surface area contributed by atoms with Crippen LogP contribution in [0.1, 0.15) is 41.9 Å². The van der Waals surface area contributed by atoms with Crippen LogP contribution in [0.3, 0.4) is 0 Å². The maximum absolute atomic E-state index is 14.9. The summed E-state index contributed by atoms with van der Waals surface area (Å²) in [6.45, 7) is 0.785. The maximum Gasteiger partial charge on any atom is 0.266 e. The Balaban J connectivity index is 1.17. The molecule has 310 valence electrons. The Labute approximate surface area is 350 Å². The van der Waals surface area contributed by atoms with E-state index in [4.69, 9.17) is 14.5 Å². The van der Waals surface area contributed by atoms with Crippen LogP contribution in [0.25, 0.3) is 27.7 Å². The van der Waals surface area contributed by atoms with Crippen LogP contribution in [0.5, 0.6) is 11.5 Å². The third kappa shape index (κ3) is 8.71. The lowest BCUT2D eigenvalue weighted by Crippen LogP contribution is -2.40. The molecular weight excluding hydrogens is 803 g/mol. The first-order chi connectivity index (χ1) is 29.6. The maximum atomic E-state index is 14.9. The topological polar surface area (TPSA) is 138 Å². The molecule has 1 saturated carbocycles. The van der Waals surface area contributed by atoms with E-state index in [1.54, 1.807) is 24.4 Å². The predicted octanol–water partition coefficient (Wildman–Crippen LogP) is 7.32. The number of fused-ring (bicyclic) bond motifs is 1. The van der Waals surface area contributed by atoms with E-state index < -0.39 is 39.2 Å². The van der Waals surface area contributed by atoms with E-state index in [0.29, 0.717) is 23.0 Å². The smallest absolute Gasteiger partial charge is 0.266 e. The first-order valence-electron chi connectivity index (χ1n) is 19.9. The Morgan fingerprint density at radius 3 is 2.33 bits per heavy atom. The van der Waals surface area contributed by atoms with Gasteiger partial charge >= 0.3 is 0 Å². The van der Waals surface area contributed by atoms with Gasteiger partial charge in [-0.2, -0.15) is 9.40 Å². The van der Waals surface area contributed by atoms with Crippen LogP contribution >= 0.6 is 0 Å². The quantitative estimate of drug-likeness (QED) is 0.128. The van der Waals surface area contributed by atoms with E-state index in [1.165, 1.54) is 37.8 Å². The van der Waals surface area contributed by atoms with Crippen LogP contribution in [0.2, 0.25) is 0 Å². The SMILES string of the molecule is O=C(Cn1ccc(C2CC2)n1)NC(Cc1cc(F)cc(F)c1)c1nc2cc(-c3ccccc3Oc3ccccc3)ccc2c(=O)n1-c1ccc(S(=O)(=O)N2CCOCC2)cc1. The Bertz CT molecular complexity index is 2890. The molecule has 1 atom stereocenters. The Hall–Kier alpha value is -6.55. The fourth-order valence-corrected chi connectivity index (χ4v) is 9.00. The van der Waals surface area contributed by atoms with Crippen molar-refractivity contribution in [3.63, 3.8) is 0 Å². The van der Waals surface area contributed by atoms with Gasteiger partial charge in [-0.05, 0) is 96.8 Å². The number of carbonyl (C=O) groups excluding carboxylic acids is 1. The standard InChI is InChI=1S/C46H40F2N6O6S/c47-33-24-30(25-34(48)28-33)26-42(49-44(55)29-52-19-18-40(51-52)31-10-11-31)45-50-41-27-32(38-8-4-5-9-43(38)60-36-6-2-1-3-7-36)12-17-39(41)46(56)54(45)35-13-15-37(16-14-35)61(57,58)53-20-22-59-23-21-53/h1-9,12-19,24-25,27-28,31,42H,10-11,20-23,26,29H2,(H,49,55). The van der Waals surface area contributed by atoms with E-state index in [-0.39, 0.29) is 72.1 Å². The molecule has 3 heterocycles. The molecule has 12 nitrogen and oxygen atoms in total. The van der Waals surface area contributed by atoms with Gasteiger partial charge in [0.15, 0.2) is 0 Å². The number of aromatic nitrogens is 4. The molecule has 0 bridgehead atoms. The molecule has 9 rings (SSSR count). The first kappa shape index (κ1) is 39.9. The number of carbonyl (C=O) groups is 1. The summed E-state index contributed by atoms with van der Waals surface area (Å²) in [4.78, 5) is 33.8. The lowest BCUT2D eigenvalue weighted by Gasteiger charge is -2.26. The normalized spacial score (nSPS) is 15.1. The molecule has 1 unspecified atom stereocenters. The summed E-state index contributed by atoms with van der Waals surface area (Å²) in [6.07, 6.45) is 3.63. The fraction of sp³-hybridized carbons (Fsp3) is 0.217. The molecule has 1 aliphatic heterocycles. The van der Waals surface area contributed by atoms with Gasteiger partial charge in [-0.3, -0.25) is 18.8 Å². The summed E-state index contributed by atoms with van der Waals surface area (Å²) in [5, 5.41) is 7.78. The van der Waals surface area contributed by atoms with Crippen LogP contribution in [0.4, 0.5) is 8.78 Å². The molecule has 0 radical (unpaired) electrons. The molecule has 15 heteroatoms. The molecule has 2 aromatic heterocycles.